The fourth-order valence-electron chi connectivity index (χ4n) is 4.76. The van der Waals surface area contributed by atoms with Gasteiger partial charge in [-0.15, -0.1) is 11.3 Å². The highest BCUT2D eigenvalue weighted by Crippen LogP contribution is 2.51. The van der Waals surface area contributed by atoms with E-state index in [1.807, 2.05) is 39.0 Å². The van der Waals surface area contributed by atoms with Gasteiger partial charge in [0.15, 0.2) is 5.82 Å². The second-order valence-corrected chi connectivity index (χ2v) is 10.7. The maximum absolute atomic E-state index is 13.5. The Bertz CT molecular complexity index is 1230. The molecule has 0 aliphatic heterocycles. The quantitative estimate of drug-likeness (QED) is 0.475. The number of carbonyl (C=O) groups excluding carboxylic acids is 1. The van der Waals surface area contributed by atoms with Gasteiger partial charge in [0.05, 0.1) is 29.8 Å². The number of aliphatic hydroxyl groups is 1. The number of halogens is 1. The third-order valence-corrected chi connectivity index (χ3v) is 7.70. The van der Waals surface area contributed by atoms with Gasteiger partial charge in [0, 0.05) is 11.9 Å². The molecule has 180 valence electrons. The second kappa shape index (κ2) is 9.03. The van der Waals surface area contributed by atoms with Crippen LogP contribution in [-0.2, 0) is 15.1 Å². The van der Waals surface area contributed by atoms with Crippen LogP contribution in [0.1, 0.15) is 49.4 Å². The molecular weight excluding hydrogens is 455 g/mol. The lowest BCUT2D eigenvalue weighted by molar-refractivity contribution is -0.157. The molecule has 1 aliphatic carbocycles. The van der Waals surface area contributed by atoms with Crippen molar-refractivity contribution in [3.8, 4) is 10.4 Å². The smallest absolute Gasteiger partial charge is 0.309 e. The molecule has 2 aromatic heterocycles. The second-order valence-electron chi connectivity index (χ2n) is 9.68. The molecule has 0 amide bonds. The highest BCUT2D eigenvalue weighted by molar-refractivity contribution is 7.15. The molecule has 1 fully saturated rings. The molecule has 34 heavy (non-hydrogen) atoms. The largest absolute Gasteiger partial charge is 0.469 e. The number of nitrogens with one attached hydrogen (secondary N) is 1. The molecule has 2 atom stereocenters. The SMILES string of the molecule is COC(=O)[C@H]1CC[C@](O)(c2ncc(-c3cc(C)cc(Nc4ncc(F)c(C)n4)c3)s2)CC1(C)C. The first kappa shape index (κ1) is 24.2. The Morgan fingerprint density at radius 2 is 2.00 bits per heavy atom. The molecule has 7 nitrogen and oxygen atoms in total. The summed E-state index contributed by atoms with van der Waals surface area (Å²) in [5.41, 5.74) is 1.49. The number of aryl methyl sites for hydroxylation is 2. The molecule has 0 bridgehead atoms. The lowest BCUT2D eigenvalue weighted by Crippen LogP contribution is -2.45. The topological polar surface area (TPSA) is 97.2 Å². The van der Waals surface area contributed by atoms with E-state index in [2.05, 4.69) is 20.3 Å². The minimum Gasteiger partial charge on any atom is -0.469 e. The Hall–Kier alpha value is -2.91. The third-order valence-electron chi connectivity index (χ3n) is 6.46. The summed E-state index contributed by atoms with van der Waals surface area (Å²) in [4.78, 5) is 25.8. The zero-order valence-corrected chi connectivity index (χ0v) is 20.8. The van der Waals surface area contributed by atoms with Gasteiger partial charge < -0.3 is 15.2 Å². The zero-order chi connectivity index (χ0) is 24.7. The number of carbonyl (C=O) groups is 1. The average Bonchev–Trinajstić information content (AvgIpc) is 3.26. The van der Waals surface area contributed by atoms with Crippen LogP contribution < -0.4 is 5.32 Å². The van der Waals surface area contributed by atoms with Gasteiger partial charge in [-0.1, -0.05) is 19.9 Å². The van der Waals surface area contributed by atoms with Gasteiger partial charge in [0.1, 0.15) is 10.6 Å². The molecule has 1 aromatic carbocycles. The number of methoxy groups -OCH3 is 1. The first-order chi connectivity index (χ1) is 16.0. The van der Waals surface area contributed by atoms with Crippen molar-refractivity contribution in [3.63, 3.8) is 0 Å². The van der Waals surface area contributed by atoms with E-state index < -0.39 is 16.8 Å². The molecule has 2 heterocycles. The molecule has 1 aliphatic rings. The highest BCUT2D eigenvalue weighted by atomic mass is 32.1. The van der Waals surface area contributed by atoms with Crippen molar-refractivity contribution in [2.75, 3.05) is 12.4 Å². The summed E-state index contributed by atoms with van der Waals surface area (Å²) in [6.07, 6.45) is 4.34. The molecule has 0 radical (unpaired) electrons. The maximum atomic E-state index is 13.5. The number of ether oxygens (including phenoxy) is 1. The van der Waals surface area contributed by atoms with Gasteiger partial charge in [-0.05, 0) is 61.8 Å². The molecule has 2 N–H and O–H groups in total. The first-order valence-electron chi connectivity index (χ1n) is 11.2. The van der Waals surface area contributed by atoms with Crippen molar-refractivity contribution in [1.29, 1.82) is 0 Å². The summed E-state index contributed by atoms with van der Waals surface area (Å²) < 4.78 is 18.5. The Labute approximate surface area is 202 Å². The Kier molecular flexibility index (Phi) is 6.44. The zero-order valence-electron chi connectivity index (χ0n) is 20.0. The first-order valence-corrected chi connectivity index (χ1v) is 12.0. The van der Waals surface area contributed by atoms with Gasteiger partial charge in [-0.3, -0.25) is 4.79 Å². The van der Waals surface area contributed by atoms with Crippen LogP contribution in [0.25, 0.3) is 10.4 Å². The number of aromatic nitrogens is 3. The lowest BCUT2D eigenvalue weighted by atomic mass is 9.63. The van der Waals surface area contributed by atoms with Crippen molar-refractivity contribution in [1.82, 2.24) is 15.0 Å². The number of esters is 1. The van der Waals surface area contributed by atoms with E-state index in [-0.39, 0.29) is 17.6 Å². The summed E-state index contributed by atoms with van der Waals surface area (Å²) >= 11 is 1.45. The van der Waals surface area contributed by atoms with E-state index in [1.54, 1.807) is 13.1 Å². The summed E-state index contributed by atoms with van der Waals surface area (Å²) in [6.45, 7) is 7.56. The van der Waals surface area contributed by atoms with E-state index in [9.17, 15) is 14.3 Å². The van der Waals surface area contributed by atoms with Crippen molar-refractivity contribution in [3.05, 3.63) is 52.7 Å². The standard InChI is InChI=1S/C25H29FN4O3S/c1-14-8-16(10-17(9-14)30-23-28-11-19(26)15(2)29-23)20-12-27-22(34-20)25(32)7-6-18(21(31)33-5)24(3,4)13-25/h8-12,18,32H,6-7,13H2,1-5H3,(H,28,29,30)/t18-,25-/m1/s1. The minimum atomic E-state index is -1.10. The van der Waals surface area contributed by atoms with Crippen molar-refractivity contribution in [2.45, 2.75) is 52.6 Å². The van der Waals surface area contributed by atoms with Crippen LogP contribution in [0.2, 0.25) is 0 Å². The van der Waals surface area contributed by atoms with Gasteiger partial charge in [0.25, 0.3) is 0 Å². The number of rotatable bonds is 5. The van der Waals surface area contributed by atoms with Crippen molar-refractivity contribution in [2.24, 2.45) is 11.3 Å². The van der Waals surface area contributed by atoms with Gasteiger partial charge in [-0.2, -0.15) is 0 Å². The summed E-state index contributed by atoms with van der Waals surface area (Å²) in [5.74, 6) is -0.610. The summed E-state index contributed by atoms with van der Waals surface area (Å²) in [5, 5.41) is 15.3. The van der Waals surface area contributed by atoms with Crippen LogP contribution in [0.5, 0.6) is 0 Å². The highest BCUT2D eigenvalue weighted by Gasteiger charge is 2.49. The molecule has 0 unspecified atom stereocenters. The summed E-state index contributed by atoms with van der Waals surface area (Å²) in [6, 6.07) is 5.95. The van der Waals surface area contributed by atoms with Crippen molar-refractivity contribution < 1.29 is 19.0 Å². The van der Waals surface area contributed by atoms with Crippen LogP contribution in [0.3, 0.4) is 0 Å². The molecule has 0 spiro atoms. The van der Waals surface area contributed by atoms with Crippen LogP contribution in [-0.4, -0.2) is 33.1 Å². The van der Waals surface area contributed by atoms with E-state index in [0.717, 1.165) is 27.9 Å². The number of hydrogen-bond donors (Lipinski definition) is 2. The number of benzene rings is 1. The van der Waals surface area contributed by atoms with Gasteiger partial charge in [-0.25, -0.2) is 19.3 Å². The van der Waals surface area contributed by atoms with E-state index in [4.69, 9.17) is 4.74 Å². The molecule has 1 saturated carbocycles. The van der Waals surface area contributed by atoms with Crippen LogP contribution in [0.4, 0.5) is 16.0 Å². The monoisotopic (exact) mass is 484 g/mol. The Morgan fingerprint density at radius 3 is 2.68 bits per heavy atom. The molecule has 0 saturated heterocycles. The summed E-state index contributed by atoms with van der Waals surface area (Å²) in [7, 11) is 1.40. The van der Waals surface area contributed by atoms with E-state index in [1.165, 1.54) is 18.4 Å². The fraction of sp³-hybridized carbons (Fsp3) is 0.440. The number of anilines is 2. The molecule has 9 heteroatoms. The van der Waals surface area contributed by atoms with E-state index >= 15 is 0 Å². The lowest BCUT2D eigenvalue weighted by Gasteiger charge is -2.44. The fourth-order valence-corrected chi connectivity index (χ4v) is 5.78. The molecule has 3 aromatic rings. The van der Waals surface area contributed by atoms with Gasteiger partial charge >= 0.3 is 5.97 Å². The van der Waals surface area contributed by atoms with Gasteiger partial charge in [0.2, 0.25) is 5.95 Å². The van der Waals surface area contributed by atoms with Crippen molar-refractivity contribution >= 4 is 28.9 Å². The van der Waals surface area contributed by atoms with Crippen LogP contribution in [0.15, 0.2) is 30.6 Å². The predicted octanol–water partition coefficient (Wildman–Crippen LogP) is 5.29. The normalized spacial score (nSPS) is 21.8. The minimum absolute atomic E-state index is 0.230. The number of nitrogens with zero attached hydrogens (tertiary/aromatic N) is 3. The Balaban J connectivity index is 1.58. The Morgan fingerprint density at radius 1 is 1.24 bits per heavy atom. The average molecular weight is 485 g/mol. The number of hydrogen-bond acceptors (Lipinski definition) is 8. The van der Waals surface area contributed by atoms with Crippen LogP contribution >= 0.6 is 11.3 Å². The molecule has 4 rings (SSSR count). The van der Waals surface area contributed by atoms with E-state index in [0.29, 0.717) is 30.2 Å². The maximum Gasteiger partial charge on any atom is 0.309 e. The number of thiazole rings is 1. The molecular formula is C25H29FN4O3S. The third kappa shape index (κ3) is 4.81. The van der Waals surface area contributed by atoms with Crippen LogP contribution in [0, 0.1) is 31.0 Å². The predicted molar refractivity (Wildman–Crippen MR) is 129 cm³/mol.